The van der Waals surface area contributed by atoms with Crippen LogP contribution in [0.5, 0.6) is 5.75 Å². The van der Waals surface area contributed by atoms with Gasteiger partial charge < -0.3 is 10.1 Å². The second-order valence-corrected chi connectivity index (χ2v) is 5.01. The minimum atomic E-state index is -0.398. The third-order valence-electron chi connectivity index (χ3n) is 2.71. The summed E-state index contributed by atoms with van der Waals surface area (Å²) >= 11 is 5.91. The molecule has 1 heterocycles. The van der Waals surface area contributed by atoms with Gasteiger partial charge in [0.15, 0.2) is 5.82 Å². The predicted molar refractivity (Wildman–Crippen MR) is 81.3 cm³/mol. The van der Waals surface area contributed by atoms with Gasteiger partial charge >= 0.3 is 0 Å². The quantitative estimate of drug-likeness (QED) is 0.877. The summed E-state index contributed by atoms with van der Waals surface area (Å²) in [6.45, 7) is 5.00. The Kier molecular flexibility index (Phi) is 5.33. The molecule has 0 saturated heterocycles. The maximum absolute atomic E-state index is 13.0. The first-order valence-corrected chi connectivity index (χ1v) is 7.12. The molecule has 0 spiro atoms. The standard InChI is InChI=1S/C15H17ClFN3O/c1-3-6-18-14-7-10(2)19-15(20-14)9-21-13-5-4-11(17)8-12(13)16/h4-5,7-8H,3,6,9H2,1-2H3,(H,18,19,20). The second kappa shape index (κ2) is 7.22. The Labute approximate surface area is 128 Å². The van der Waals surface area contributed by atoms with Crippen LogP contribution < -0.4 is 10.1 Å². The lowest BCUT2D eigenvalue weighted by Crippen LogP contribution is -2.08. The zero-order valence-corrected chi connectivity index (χ0v) is 12.7. The summed E-state index contributed by atoms with van der Waals surface area (Å²) in [4.78, 5) is 8.68. The molecular weight excluding hydrogens is 293 g/mol. The van der Waals surface area contributed by atoms with Crippen LogP contribution in [0.4, 0.5) is 10.2 Å². The molecule has 0 radical (unpaired) electrons. The minimum Gasteiger partial charge on any atom is -0.484 e. The lowest BCUT2D eigenvalue weighted by Gasteiger charge is -2.10. The van der Waals surface area contributed by atoms with E-state index in [1.165, 1.54) is 18.2 Å². The van der Waals surface area contributed by atoms with Crippen molar-refractivity contribution >= 4 is 17.4 Å². The van der Waals surface area contributed by atoms with Gasteiger partial charge in [0.2, 0.25) is 0 Å². The summed E-state index contributed by atoms with van der Waals surface area (Å²) in [6, 6.07) is 5.88. The lowest BCUT2D eigenvalue weighted by molar-refractivity contribution is 0.295. The fourth-order valence-electron chi connectivity index (χ4n) is 1.77. The van der Waals surface area contributed by atoms with Gasteiger partial charge in [0.25, 0.3) is 0 Å². The number of halogens is 2. The van der Waals surface area contributed by atoms with E-state index >= 15 is 0 Å². The summed E-state index contributed by atoms with van der Waals surface area (Å²) in [7, 11) is 0. The monoisotopic (exact) mass is 309 g/mol. The number of nitrogens with one attached hydrogen (secondary N) is 1. The molecule has 0 amide bonds. The smallest absolute Gasteiger partial charge is 0.168 e. The average Bonchev–Trinajstić information content (AvgIpc) is 2.43. The number of aryl methyl sites for hydroxylation is 1. The van der Waals surface area contributed by atoms with Crippen LogP contribution >= 0.6 is 11.6 Å². The van der Waals surface area contributed by atoms with Crippen LogP contribution in [0.2, 0.25) is 5.02 Å². The van der Waals surface area contributed by atoms with E-state index in [-0.39, 0.29) is 11.6 Å². The normalized spacial score (nSPS) is 10.5. The highest BCUT2D eigenvalue weighted by molar-refractivity contribution is 6.32. The molecule has 1 aromatic carbocycles. The van der Waals surface area contributed by atoms with Crippen LogP contribution in [0.1, 0.15) is 24.9 Å². The zero-order chi connectivity index (χ0) is 15.2. The van der Waals surface area contributed by atoms with E-state index in [2.05, 4.69) is 22.2 Å². The molecule has 0 fully saturated rings. The molecule has 112 valence electrons. The Morgan fingerprint density at radius 1 is 1.29 bits per heavy atom. The van der Waals surface area contributed by atoms with Crippen LogP contribution in [0, 0.1) is 12.7 Å². The topological polar surface area (TPSA) is 47.0 Å². The summed E-state index contributed by atoms with van der Waals surface area (Å²) in [5.41, 5.74) is 0.854. The van der Waals surface area contributed by atoms with Crippen molar-refractivity contribution in [3.8, 4) is 5.75 Å². The van der Waals surface area contributed by atoms with E-state index in [1.807, 2.05) is 13.0 Å². The largest absolute Gasteiger partial charge is 0.484 e. The molecule has 6 heteroatoms. The van der Waals surface area contributed by atoms with Gasteiger partial charge in [-0.2, -0.15) is 0 Å². The van der Waals surface area contributed by atoms with Crippen molar-refractivity contribution in [2.75, 3.05) is 11.9 Å². The highest BCUT2D eigenvalue weighted by atomic mass is 35.5. The summed E-state index contributed by atoms with van der Waals surface area (Å²) in [5, 5.41) is 3.44. The van der Waals surface area contributed by atoms with E-state index < -0.39 is 5.82 Å². The molecule has 2 rings (SSSR count). The van der Waals surface area contributed by atoms with Crippen LogP contribution in [-0.4, -0.2) is 16.5 Å². The Bertz CT molecular complexity index is 622. The van der Waals surface area contributed by atoms with Gasteiger partial charge in [-0.15, -0.1) is 0 Å². The van der Waals surface area contributed by atoms with E-state index in [4.69, 9.17) is 16.3 Å². The maximum Gasteiger partial charge on any atom is 0.168 e. The van der Waals surface area contributed by atoms with Gasteiger partial charge in [-0.05, 0) is 31.5 Å². The summed E-state index contributed by atoms with van der Waals surface area (Å²) in [5.74, 6) is 1.33. The molecule has 0 bridgehead atoms. The molecule has 1 aromatic heterocycles. The molecular formula is C15H17ClFN3O. The number of hydrogen-bond donors (Lipinski definition) is 1. The third kappa shape index (κ3) is 4.56. The van der Waals surface area contributed by atoms with Gasteiger partial charge in [-0.25, -0.2) is 14.4 Å². The van der Waals surface area contributed by atoms with Crippen LogP contribution in [0.3, 0.4) is 0 Å². The number of rotatable bonds is 6. The second-order valence-electron chi connectivity index (χ2n) is 4.60. The summed E-state index contributed by atoms with van der Waals surface area (Å²) < 4.78 is 18.5. The highest BCUT2D eigenvalue weighted by Crippen LogP contribution is 2.25. The number of hydrogen-bond acceptors (Lipinski definition) is 4. The molecule has 21 heavy (non-hydrogen) atoms. The first kappa shape index (κ1) is 15.5. The van der Waals surface area contributed by atoms with Crippen molar-refractivity contribution in [2.24, 2.45) is 0 Å². The maximum atomic E-state index is 13.0. The third-order valence-corrected chi connectivity index (χ3v) is 3.00. The van der Waals surface area contributed by atoms with Gasteiger partial charge in [0.1, 0.15) is 24.0 Å². The van der Waals surface area contributed by atoms with Crippen molar-refractivity contribution in [3.05, 3.63) is 46.6 Å². The van der Waals surface area contributed by atoms with Crippen molar-refractivity contribution < 1.29 is 9.13 Å². The molecule has 0 aliphatic heterocycles. The van der Waals surface area contributed by atoms with Crippen molar-refractivity contribution in [1.29, 1.82) is 0 Å². The zero-order valence-electron chi connectivity index (χ0n) is 12.0. The van der Waals surface area contributed by atoms with Gasteiger partial charge in [0, 0.05) is 18.3 Å². The first-order chi connectivity index (χ1) is 10.1. The van der Waals surface area contributed by atoms with Crippen molar-refractivity contribution in [3.63, 3.8) is 0 Å². The SMILES string of the molecule is CCCNc1cc(C)nc(COc2ccc(F)cc2Cl)n1. The molecule has 4 nitrogen and oxygen atoms in total. The Morgan fingerprint density at radius 2 is 2.10 bits per heavy atom. The summed E-state index contributed by atoms with van der Waals surface area (Å²) in [6.07, 6.45) is 1.01. The van der Waals surface area contributed by atoms with Crippen molar-refractivity contribution in [2.45, 2.75) is 26.9 Å². The molecule has 0 aliphatic carbocycles. The van der Waals surface area contributed by atoms with E-state index in [0.29, 0.717) is 11.6 Å². The predicted octanol–water partition coefficient (Wildman–Crippen LogP) is 3.98. The molecule has 0 aliphatic rings. The Balaban J connectivity index is 2.07. The molecule has 1 N–H and O–H groups in total. The van der Waals surface area contributed by atoms with Crippen LogP contribution in [-0.2, 0) is 6.61 Å². The number of anilines is 1. The Hall–Kier alpha value is -1.88. The van der Waals surface area contributed by atoms with E-state index in [9.17, 15) is 4.39 Å². The Morgan fingerprint density at radius 3 is 2.81 bits per heavy atom. The minimum absolute atomic E-state index is 0.174. The highest BCUT2D eigenvalue weighted by Gasteiger charge is 2.06. The fraction of sp³-hybridized carbons (Fsp3) is 0.333. The van der Waals surface area contributed by atoms with Crippen LogP contribution in [0.25, 0.3) is 0 Å². The molecule has 0 saturated carbocycles. The molecule has 0 unspecified atom stereocenters. The number of benzene rings is 1. The van der Waals surface area contributed by atoms with Crippen molar-refractivity contribution in [1.82, 2.24) is 9.97 Å². The first-order valence-electron chi connectivity index (χ1n) is 6.74. The van der Waals surface area contributed by atoms with Gasteiger partial charge in [0.05, 0.1) is 5.02 Å². The lowest BCUT2D eigenvalue weighted by atomic mass is 10.3. The molecule has 0 atom stereocenters. The molecule has 2 aromatic rings. The number of aromatic nitrogens is 2. The average molecular weight is 310 g/mol. The van der Waals surface area contributed by atoms with E-state index in [0.717, 1.165) is 24.5 Å². The van der Waals surface area contributed by atoms with E-state index in [1.54, 1.807) is 0 Å². The number of ether oxygens (including phenoxy) is 1. The fourth-order valence-corrected chi connectivity index (χ4v) is 1.99. The van der Waals surface area contributed by atoms with Gasteiger partial charge in [-0.1, -0.05) is 18.5 Å². The number of nitrogens with zero attached hydrogens (tertiary/aromatic N) is 2. The van der Waals surface area contributed by atoms with Gasteiger partial charge in [-0.3, -0.25) is 0 Å². The van der Waals surface area contributed by atoms with Crippen LogP contribution in [0.15, 0.2) is 24.3 Å².